The highest BCUT2D eigenvalue weighted by Crippen LogP contribution is 2.15. The molecule has 0 aromatic carbocycles. The van der Waals surface area contributed by atoms with Gasteiger partial charge in [-0.3, -0.25) is 0 Å². The number of pyridine rings is 1. The maximum atomic E-state index is 12.2. The van der Waals surface area contributed by atoms with Gasteiger partial charge in [-0.15, -0.1) is 0 Å². The van der Waals surface area contributed by atoms with Crippen LogP contribution < -0.4 is 5.73 Å². The highest BCUT2D eigenvalue weighted by molar-refractivity contribution is 7.89. The van der Waals surface area contributed by atoms with E-state index in [1.807, 2.05) is 6.92 Å². The van der Waals surface area contributed by atoms with E-state index >= 15 is 0 Å². The molecular weight excluding hydrogens is 242 g/mol. The molecule has 3 N–H and O–H groups in total. The van der Waals surface area contributed by atoms with E-state index in [9.17, 15) is 8.42 Å². The molecule has 0 saturated heterocycles. The number of hydrogen-bond donors (Lipinski definition) is 2. The second-order valence-electron chi connectivity index (χ2n) is 3.55. The molecule has 0 aliphatic rings. The molecule has 1 rings (SSSR count). The molecule has 1 aromatic heterocycles. The summed E-state index contributed by atoms with van der Waals surface area (Å²) < 4.78 is 25.6. The standard InChI is InChI=1S/C10H17N3O3S/c1-2-5-13(6-7-14)17(15,16)9-3-4-10(11)12-8-9/h3-4,8,14H,2,5-7H2,1H3,(H2,11,12). The molecule has 0 saturated carbocycles. The zero-order valence-corrected chi connectivity index (χ0v) is 10.5. The zero-order chi connectivity index (χ0) is 12.9. The lowest BCUT2D eigenvalue weighted by Gasteiger charge is -2.20. The van der Waals surface area contributed by atoms with Crippen LogP contribution in [0, 0.1) is 0 Å². The van der Waals surface area contributed by atoms with Gasteiger partial charge in [0.05, 0.1) is 6.61 Å². The van der Waals surface area contributed by atoms with E-state index in [0.717, 1.165) is 0 Å². The van der Waals surface area contributed by atoms with Crippen molar-refractivity contribution in [3.8, 4) is 0 Å². The predicted octanol–water partition coefficient (Wildman–Crippen LogP) is 0.0568. The zero-order valence-electron chi connectivity index (χ0n) is 9.70. The Hall–Kier alpha value is -1.18. The third-order valence-electron chi connectivity index (χ3n) is 2.22. The smallest absolute Gasteiger partial charge is 0.244 e. The molecule has 0 atom stereocenters. The predicted molar refractivity (Wildman–Crippen MR) is 64.8 cm³/mol. The van der Waals surface area contributed by atoms with Gasteiger partial charge in [0.25, 0.3) is 0 Å². The van der Waals surface area contributed by atoms with Gasteiger partial charge < -0.3 is 10.8 Å². The summed E-state index contributed by atoms with van der Waals surface area (Å²) in [5.74, 6) is 0.271. The van der Waals surface area contributed by atoms with E-state index in [0.29, 0.717) is 13.0 Å². The first-order valence-corrected chi connectivity index (χ1v) is 6.79. The van der Waals surface area contributed by atoms with Gasteiger partial charge in [0.2, 0.25) is 10.0 Å². The third kappa shape index (κ3) is 3.39. The van der Waals surface area contributed by atoms with E-state index in [2.05, 4.69) is 4.98 Å². The molecule has 0 fully saturated rings. The molecule has 0 amide bonds. The minimum atomic E-state index is -3.59. The fourth-order valence-corrected chi connectivity index (χ4v) is 2.88. The summed E-state index contributed by atoms with van der Waals surface area (Å²) >= 11 is 0. The first-order valence-electron chi connectivity index (χ1n) is 5.35. The molecule has 0 unspecified atom stereocenters. The van der Waals surface area contributed by atoms with Crippen LogP contribution in [0.15, 0.2) is 23.2 Å². The first kappa shape index (κ1) is 13.9. The summed E-state index contributed by atoms with van der Waals surface area (Å²) in [4.78, 5) is 3.85. The minimum Gasteiger partial charge on any atom is -0.395 e. The fourth-order valence-electron chi connectivity index (χ4n) is 1.41. The fraction of sp³-hybridized carbons (Fsp3) is 0.500. The number of sulfonamides is 1. The highest BCUT2D eigenvalue weighted by Gasteiger charge is 2.23. The van der Waals surface area contributed by atoms with E-state index in [-0.39, 0.29) is 23.9 Å². The lowest BCUT2D eigenvalue weighted by molar-refractivity contribution is 0.253. The van der Waals surface area contributed by atoms with Crippen molar-refractivity contribution in [1.29, 1.82) is 0 Å². The van der Waals surface area contributed by atoms with Gasteiger partial charge in [-0.1, -0.05) is 6.92 Å². The number of rotatable bonds is 6. The average Bonchev–Trinajstić information content (AvgIpc) is 2.29. The van der Waals surface area contributed by atoms with Crippen molar-refractivity contribution in [2.24, 2.45) is 0 Å². The van der Waals surface area contributed by atoms with Crippen LogP contribution in [-0.4, -0.2) is 42.5 Å². The quantitative estimate of drug-likeness (QED) is 0.753. The van der Waals surface area contributed by atoms with Crippen LogP contribution in [0.3, 0.4) is 0 Å². The summed E-state index contributed by atoms with van der Waals surface area (Å²) in [6.45, 7) is 2.12. The van der Waals surface area contributed by atoms with Crippen molar-refractivity contribution in [1.82, 2.24) is 9.29 Å². The molecule has 0 aliphatic heterocycles. The SMILES string of the molecule is CCCN(CCO)S(=O)(=O)c1ccc(N)nc1. The highest BCUT2D eigenvalue weighted by atomic mass is 32.2. The summed E-state index contributed by atoms with van der Waals surface area (Å²) in [7, 11) is -3.59. The van der Waals surface area contributed by atoms with Crippen LogP contribution in [0.1, 0.15) is 13.3 Å². The molecule has 17 heavy (non-hydrogen) atoms. The normalized spacial score (nSPS) is 11.9. The van der Waals surface area contributed by atoms with Crippen LogP contribution in [0.2, 0.25) is 0 Å². The molecule has 1 aromatic rings. The Balaban J connectivity index is 3.02. The molecule has 0 aliphatic carbocycles. The van der Waals surface area contributed by atoms with E-state index in [4.69, 9.17) is 10.8 Å². The molecule has 7 heteroatoms. The van der Waals surface area contributed by atoms with Crippen molar-refractivity contribution in [2.45, 2.75) is 18.2 Å². The molecule has 6 nitrogen and oxygen atoms in total. The Labute approximate surface area is 101 Å². The number of nitrogen functional groups attached to an aromatic ring is 1. The Bertz CT molecular complexity index is 438. The van der Waals surface area contributed by atoms with Gasteiger partial charge in [-0.2, -0.15) is 4.31 Å². The van der Waals surface area contributed by atoms with E-state index < -0.39 is 10.0 Å². The van der Waals surface area contributed by atoms with Gasteiger partial charge in [-0.25, -0.2) is 13.4 Å². The van der Waals surface area contributed by atoms with E-state index in [1.165, 1.54) is 22.6 Å². The molecule has 0 radical (unpaired) electrons. The largest absolute Gasteiger partial charge is 0.395 e. The van der Waals surface area contributed by atoms with Crippen LogP contribution in [-0.2, 0) is 10.0 Å². The van der Waals surface area contributed by atoms with Crippen molar-refractivity contribution in [3.05, 3.63) is 18.3 Å². The summed E-state index contributed by atoms with van der Waals surface area (Å²) in [6, 6.07) is 2.85. The van der Waals surface area contributed by atoms with Crippen LogP contribution in [0.5, 0.6) is 0 Å². The van der Waals surface area contributed by atoms with E-state index in [1.54, 1.807) is 0 Å². The maximum Gasteiger partial charge on any atom is 0.244 e. The van der Waals surface area contributed by atoms with Gasteiger partial charge in [0.1, 0.15) is 10.7 Å². The first-order chi connectivity index (χ1) is 8.02. The molecule has 0 bridgehead atoms. The Kier molecular flexibility index (Phi) is 4.86. The Morgan fingerprint density at radius 3 is 2.59 bits per heavy atom. The van der Waals surface area contributed by atoms with Crippen molar-refractivity contribution in [3.63, 3.8) is 0 Å². The van der Waals surface area contributed by atoms with Gasteiger partial charge in [0.15, 0.2) is 0 Å². The summed E-state index contributed by atoms with van der Waals surface area (Å²) in [6.07, 6.45) is 1.91. The molecule has 96 valence electrons. The minimum absolute atomic E-state index is 0.0839. The number of aliphatic hydroxyl groups excluding tert-OH is 1. The second-order valence-corrected chi connectivity index (χ2v) is 5.48. The Morgan fingerprint density at radius 2 is 2.12 bits per heavy atom. The number of aliphatic hydroxyl groups is 1. The number of nitrogens with zero attached hydrogens (tertiary/aromatic N) is 2. The van der Waals surface area contributed by atoms with Gasteiger partial charge in [-0.05, 0) is 18.6 Å². The number of anilines is 1. The molecular formula is C10H17N3O3S. The Morgan fingerprint density at radius 1 is 1.41 bits per heavy atom. The summed E-state index contributed by atoms with van der Waals surface area (Å²) in [5, 5.41) is 8.88. The number of nitrogens with two attached hydrogens (primary N) is 1. The summed E-state index contributed by atoms with van der Waals surface area (Å²) in [5.41, 5.74) is 5.40. The van der Waals surface area contributed by atoms with Crippen molar-refractivity contribution in [2.75, 3.05) is 25.4 Å². The van der Waals surface area contributed by atoms with Crippen molar-refractivity contribution >= 4 is 15.8 Å². The average molecular weight is 259 g/mol. The lowest BCUT2D eigenvalue weighted by Crippen LogP contribution is -2.34. The maximum absolute atomic E-state index is 12.2. The third-order valence-corrected chi connectivity index (χ3v) is 4.10. The number of aromatic nitrogens is 1. The number of hydrogen-bond acceptors (Lipinski definition) is 5. The van der Waals surface area contributed by atoms with Crippen LogP contribution in [0.25, 0.3) is 0 Å². The molecule has 0 spiro atoms. The van der Waals surface area contributed by atoms with Gasteiger partial charge >= 0.3 is 0 Å². The van der Waals surface area contributed by atoms with Crippen LogP contribution >= 0.6 is 0 Å². The van der Waals surface area contributed by atoms with Crippen molar-refractivity contribution < 1.29 is 13.5 Å². The topological polar surface area (TPSA) is 96.5 Å². The van der Waals surface area contributed by atoms with Gasteiger partial charge in [0, 0.05) is 19.3 Å². The lowest BCUT2D eigenvalue weighted by atomic mass is 10.5. The molecule has 1 heterocycles. The van der Waals surface area contributed by atoms with Crippen LogP contribution in [0.4, 0.5) is 5.82 Å². The second kappa shape index (κ2) is 5.95. The monoisotopic (exact) mass is 259 g/mol.